The lowest BCUT2D eigenvalue weighted by Gasteiger charge is -2.18. The Balaban J connectivity index is 2.22. The third-order valence-corrected chi connectivity index (χ3v) is 4.20. The first kappa shape index (κ1) is 16.1. The van der Waals surface area contributed by atoms with Crippen molar-refractivity contribution in [3.8, 4) is 5.75 Å². The highest BCUT2D eigenvalue weighted by atomic mass is 79.9. The summed E-state index contributed by atoms with van der Waals surface area (Å²) in [5, 5.41) is 3.55. The topological polar surface area (TPSA) is 34.4 Å². The zero-order valence-electron chi connectivity index (χ0n) is 12.8. The number of halogens is 1. The van der Waals surface area contributed by atoms with Crippen molar-refractivity contribution < 1.29 is 9.15 Å². The minimum atomic E-state index is 0.268. The van der Waals surface area contributed by atoms with Crippen molar-refractivity contribution in [3.63, 3.8) is 0 Å². The first-order valence-electron chi connectivity index (χ1n) is 7.31. The number of hydrogen-bond donors (Lipinski definition) is 1. The standard InChI is InChI=1S/C17H22BrNO2/c1-4-16-13(8-9-21-16)15(19-5-2)11-12-6-7-17(20-3)14(18)10-12/h6-10,15,19H,4-5,11H2,1-3H3. The van der Waals surface area contributed by atoms with Crippen molar-refractivity contribution in [1.82, 2.24) is 5.32 Å². The van der Waals surface area contributed by atoms with Crippen LogP contribution in [-0.2, 0) is 12.8 Å². The molecular weight excluding hydrogens is 330 g/mol. The highest BCUT2D eigenvalue weighted by molar-refractivity contribution is 9.10. The molecule has 114 valence electrons. The van der Waals surface area contributed by atoms with Gasteiger partial charge in [0.2, 0.25) is 0 Å². The molecule has 0 saturated carbocycles. The first-order valence-corrected chi connectivity index (χ1v) is 8.10. The van der Waals surface area contributed by atoms with Gasteiger partial charge in [-0.3, -0.25) is 0 Å². The molecule has 0 aliphatic heterocycles. The van der Waals surface area contributed by atoms with Crippen LogP contribution in [-0.4, -0.2) is 13.7 Å². The van der Waals surface area contributed by atoms with Gasteiger partial charge in [-0.25, -0.2) is 0 Å². The van der Waals surface area contributed by atoms with Gasteiger partial charge < -0.3 is 14.5 Å². The van der Waals surface area contributed by atoms with Crippen LogP contribution < -0.4 is 10.1 Å². The number of nitrogens with one attached hydrogen (secondary N) is 1. The molecule has 0 spiro atoms. The summed E-state index contributed by atoms with van der Waals surface area (Å²) in [4.78, 5) is 0. The summed E-state index contributed by atoms with van der Waals surface area (Å²) in [5.74, 6) is 1.92. The van der Waals surface area contributed by atoms with E-state index in [-0.39, 0.29) is 6.04 Å². The van der Waals surface area contributed by atoms with Gasteiger partial charge in [-0.15, -0.1) is 0 Å². The summed E-state index contributed by atoms with van der Waals surface area (Å²) in [5.41, 5.74) is 2.52. The Kier molecular flexibility index (Phi) is 5.88. The Morgan fingerprint density at radius 2 is 2.10 bits per heavy atom. The van der Waals surface area contributed by atoms with Gasteiger partial charge in [0.25, 0.3) is 0 Å². The fourth-order valence-corrected chi connectivity index (χ4v) is 3.15. The maximum atomic E-state index is 5.57. The molecule has 0 radical (unpaired) electrons. The van der Waals surface area contributed by atoms with Gasteiger partial charge in [0.15, 0.2) is 0 Å². The van der Waals surface area contributed by atoms with Crippen LogP contribution in [0.3, 0.4) is 0 Å². The molecule has 1 N–H and O–H groups in total. The molecular formula is C17H22BrNO2. The largest absolute Gasteiger partial charge is 0.496 e. The molecule has 0 fully saturated rings. The zero-order chi connectivity index (χ0) is 15.2. The lowest BCUT2D eigenvalue weighted by molar-refractivity contribution is 0.412. The second-order valence-corrected chi connectivity index (χ2v) is 5.79. The molecule has 1 aromatic heterocycles. The van der Waals surface area contributed by atoms with Crippen LogP contribution in [0.25, 0.3) is 0 Å². The summed E-state index contributed by atoms with van der Waals surface area (Å²) in [6, 6.07) is 8.57. The van der Waals surface area contributed by atoms with E-state index in [1.807, 2.05) is 6.07 Å². The average Bonchev–Trinajstić information content (AvgIpc) is 2.95. The number of likely N-dealkylation sites (N-methyl/N-ethyl adjacent to an activating group) is 1. The SMILES string of the molecule is CCNC(Cc1ccc(OC)c(Br)c1)c1ccoc1CC. The lowest BCUT2D eigenvalue weighted by atomic mass is 9.98. The third-order valence-electron chi connectivity index (χ3n) is 3.58. The van der Waals surface area contributed by atoms with Crippen LogP contribution in [0.15, 0.2) is 39.4 Å². The van der Waals surface area contributed by atoms with E-state index in [1.54, 1.807) is 13.4 Å². The quantitative estimate of drug-likeness (QED) is 0.796. The number of ether oxygens (including phenoxy) is 1. The fraction of sp³-hybridized carbons (Fsp3) is 0.412. The van der Waals surface area contributed by atoms with E-state index in [0.717, 1.165) is 35.4 Å². The molecule has 0 amide bonds. The molecule has 2 aromatic rings. The fourth-order valence-electron chi connectivity index (χ4n) is 2.56. The van der Waals surface area contributed by atoms with Crippen molar-refractivity contribution in [2.24, 2.45) is 0 Å². The summed E-state index contributed by atoms with van der Waals surface area (Å²) >= 11 is 3.55. The maximum Gasteiger partial charge on any atom is 0.133 e. The van der Waals surface area contributed by atoms with Crippen LogP contribution in [0.2, 0.25) is 0 Å². The minimum Gasteiger partial charge on any atom is -0.496 e. The minimum absolute atomic E-state index is 0.268. The molecule has 0 saturated heterocycles. The number of hydrogen-bond acceptors (Lipinski definition) is 3. The van der Waals surface area contributed by atoms with Crippen molar-refractivity contribution >= 4 is 15.9 Å². The van der Waals surface area contributed by atoms with Crippen molar-refractivity contribution in [2.45, 2.75) is 32.7 Å². The summed E-state index contributed by atoms with van der Waals surface area (Å²) in [6.45, 7) is 5.17. The number of rotatable bonds is 7. The van der Waals surface area contributed by atoms with Crippen LogP contribution in [0.4, 0.5) is 0 Å². The first-order chi connectivity index (χ1) is 10.2. The van der Waals surface area contributed by atoms with Crippen molar-refractivity contribution in [2.75, 3.05) is 13.7 Å². The van der Waals surface area contributed by atoms with E-state index in [1.165, 1.54) is 11.1 Å². The number of furan rings is 1. The molecule has 0 bridgehead atoms. The van der Waals surface area contributed by atoms with Gasteiger partial charge in [-0.05, 0) is 52.7 Å². The molecule has 0 aliphatic rings. The van der Waals surface area contributed by atoms with E-state index in [4.69, 9.17) is 9.15 Å². The van der Waals surface area contributed by atoms with Crippen LogP contribution in [0, 0.1) is 0 Å². The summed E-state index contributed by atoms with van der Waals surface area (Å²) < 4.78 is 11.8. The molecule has 3 nitrogen and oxygen atoms in total. The molecule has 0 aliphatic carbocycles. The van der Waals surface area contributed by atoms with Gasteiger partial charge in [0.1, 0.15) is 11.5 Å². The highest BCUT2D eigenvalue weighted by Gasteiger charge is 2.17. The summed E-state index contributed by atoms with van der Waals surface area (Å²) in [6.07, 6.45) is 3.61. The molecule has 1 atom stereocenters. The van der Waals surface area contributed by atoms with Crippen molar-refractivity contribution in [1.29, 1.82) is 0 Å². The normalized spacial score (nSPS) is 12.4. The van der Waals surface area contributed by atoms with Gasteiger partial charge in [-0.1, -0.05) is 19.9 Å². The monoisotopic (exact) mass is 351 g/mol. The number of aryl methyl sites for hydroxylation is 1. The molecule has 21 heavy (non-hydrogen) atoms. The highest BCUT2D eigenvalue weighted by Crippen LogP contribution is 2.29. The molecule has 1 heterocycles. The Bertz CT molecular complexity index is 580. The van der Waals surface area contributed by atoms with Crippen molar-refractivity contribution in [3.05, 3.63) is 51.9 Å². The predicted octanol–water partition coefficient (Wildman–Crippen LogP) is 4.51. The van der Waals surface area contributed by atoms with Gasteiger partial charge >= 0.3 is 0 Å². The van der Waals surface area contributed by atoms with E-state index in [0.29, 0.717) is 0 Å². The van der Waals surface area contributed by atoms with Crippen LogP contribution >= 0.6 is 15.9 Å². The average molecular weight is 352 g/mol. The van der Waals surface area contributed by atoms with E-state index >= 15 is 0 Å². The van der Waals surface area contributed by atoms with E-state index < -0.39 is 0 Å². The Morgan fingerprint density at radius 1 is 1.29 bits per heavy atom. The smallest absolute Gasteiger partial charge is 0.133 e. The zero-order valence-corrected chi connectivity index (χ0v) is 14.4. The van der Waals surface area contributed by atoms with E-state index in [9.17, 15) is 0 Å². The number of methoxy groups -OCH3 is 1. The summed E-state index contributed by atoms with van der Waals surface area (Å²) in [7, 11) is 1.68. The Hall–Kier alpha value is -1.26. The molecule has 2 rings (SSSR count). The number of benzene rings is 1. The van der Waals surface area contributed by atoms with Gasteiger partial charge in [0, 0.05) is 18.0 Å². The predicted molar refractivity (Wildman–Crippen MR) is 88.9 cm³/mol. The van der Waals surface area contributed by atoms with Gasteiger partial charge in [-0.2, -0.15) is 0 Å². The Morgan fingerprint density at radius 3 is 2.71 bits per heavy atom. The molecule has 1 aromatic carbocycles. The molecule has 4 heteroatoms. The van der Waals surface area contributed by atoms with Crippen LogP contribution in [0.1, 0.15) is 36.8 Å². The Labute approximate surface area is 134 Å². The van der Waals surface area contributed by atoms with Gasteiger partial charge in [0.05, 0.1) is 17.8 Å². The second kappa shape index (κ2) is 7.66. The second-order valence-electron chi connectivity index (χ2n) is 4.94. The third kappa shape index (κ3) is 3.89. The molecule has 1 unspecified atom stereocenters. The van der Waals surface area contributed by atoms with Crippen LogP contribution in [0.5, 0.6) is 5.75 Å². The lowest BCUT2D eigenvalue weighted by Crippen LogP contribution is -2.23. The maximum absolute atomic E-state index is 5.57. The van der Waals surface area contributed by atoms with E-state index in [2.05, 4.69) is 53.3 Å².